The van der Waals surface area contributed by atoms with E-state index in [2.05, 4.69) is 4.98 Å². The maximum Gasteiger partial charge on any atom is 0.252 e. The lowest BCUT2D eigenvalue weighted by Gasteiger charge is -2.21. The van der Waals surface area contributed by atoms with Crippen LogP contribution in [0.15, 0.2) is 58.2 Å². The fourth-order valence-electron chi connectivity index (χ4n) is 2.86. The molecule has 2 aromatic carbocycles. The van der Waals surface area contributed by atoms with Gasteiger partial charge >= 0.3 is 0 Å². The molecule has 0 bridgehead atoms. The summed E-state index contributed by atoms with van der Waals surface area (Å²) < 4.78 is 40.6. The SMILES string of the molecule is Cc1ccc2cc(CN(CCO)S(=O)(=O)c3ccccc3F)c(=O)[nH]c2c1. The minimum atomic E-state index is -4.22. The number of benzene rings is 2. The van der Waals surface area contributed by atoms with Gasteiger partial charge in [-0.1, -0.05) is 24.3 Å². The van der Waals surface area contributed by atoms with Crippen molar-refractivity contribution in [1.29, 1.82) is 0 Å². The monoisotopic (exact) mass is 390 g/mol. The molecule has 2 N–H and O–H groups in total. The fraction of sp³-hybridized carbons (Fsp3) is 0.211. The van der Waals surface area contributed by atoms with Crippen LogP contribution in [0.5, 0.6) is 0 Å². The van der Waals surface area contributed by atoms with E-state index in [0.717, 1.165) is 27.4 Å². The summed E-state index contributed by atoms with van der Waals surface area (Å²) in [6.45, 7) is 0.895. The summed E-state index contributed by atoms with van der Waals surface area (Å²) in [5, 5.41) is 10.0. The largest absolute Gasteiger partial charge is 0.395 e. The van der Waals surface area contributed by atoms with Crippen LogP contribution >= 0.6 is 0 Å². The zero-order chi connectivity index (χ0) is 19.6. The molecule has 0 saturated carbocycles. The third-order valence-corrected chi connectivity index (χ3v) is 6.11. The summed E-state index contributed by atoms with van der Waals surface area (Å²) in [6.07, 6.45) is 0. The van der Waals surface area contributed by atoms with Gasteiger partial charge in [0.2, 0.25) is 10.0 Å². The van der Waals surface area contributed by atoms with Crippen LogP contribution in [-0.4, -0.2) is 36.0 Å². The van der Waals surface area contributed by atoms with Crippen molar-refractivity contribution in [2.75, 3.05) is 13.2 Å². The summed E-state index contributed by atoms with van der Waals surface area (Å²) in [6, 6.07) is 12.1. The molecule has 0 saturated heterocycles. The second-order valence-corrected chi connectivity index (χ2v) is 8.11. The first-order valence-corrected chi connectivity index (χ1v) is 9.75. The van der Waals surface area contributed by atoms with Gasteiger partial charge in [-0.15, -0.1) is 0 Å². The maximum absolute atomic E-state index is 14.0. The van der Waals surface area contributed by atoms with Crippen molar-refractivity contribution < 1.29 is 17.9 Å². The molecule has 3 rings (SSSR count). The Morgan fingerprint density at radius 2 is 1.89 bits per heavy atom. The fourth-order valence-corrected chi connectivity index (χ4v) is 4.33. The van der Waals surface area contributed by atoms with E-state index >= 15 is 0 Å². The number of hydrogen-bond donors (Lipinski definition) is 2. The van der Waals surface area contributed by atoms with Crippen LogP contribution in [-0.2, 0) is 16.6 Å². The van der Waals surface area contributed by atoms with Gasteiger partial charge in [0, 0.05) is 24.2 Å². The van der Waals surface area contributed by atoms with Gasteiger partial charge in [0.15, 0.2) is 0 Å². The summed E-state index contributed by atoms with van der Waals surface area (Å²) >= 11 is 0. The van der Waals surface area contributed by atoms with Crippen LogP contribution in [0.2, 0.25) is 0 Å². The van der Waals surface area contributed by atoms with Crippen LogP contribution in [0.25, 0.3) is 10.9 Å². The molecule has 3 aromatic rings. The smallest absolute Gasteiger partial charge is 0.252 e. The predicted molar refractivity (Wildman–Crippen MR) is 100 cm³/mol. The Balaban J connectivity index is 2.03. The van der Waals surface area contributed by atoms with Crippen molar-refractivity contribution >= 4 is 20.9 Å². The quantitative estimate of drug-likeness (QED) is 0.675. The number of aryl methyl sites for hydroxylation is 1. The van der Waals surface area contributed by atoms with Gasteiger partial charge in [-0.25, -0.2) is 12.8 Å². The second-order valence-electron chi connectivity index (χ2n) is 6.21. The number of H-pyrrole nitrogens is 1. The molecule has 8 heteroatoms. The summed E-state index contributed by atoms with van der Waals surface area (Å²) in [5.74, 6) is -0.886. The minimum absolute atomic E-state index is 0.208. The van der Waals surface area contributed by atoms with Gasteiger partial charge in [0.1, 0.15) is 10.7 Å². The van der Waals surface area contributed by atoms with Crippen molar-refractivity contribution in [3.63, 3.8) is 0 Å². The average Bonchev–Trinajstić information content (AvgIpc) is 2.62. The van der Waals surface area contributed by atoms with Crippen molar-refractivity contribution in [1.82, 2.24) is 9.29 Å². The lowest BCUT2D eigenvalue weighted by atomic mass is 10.1. The number of hydrogen-bond acceptors (Lipinski definition) is 4. The van der Waals surface area contributed by atoms with Gasteiger partial charge in [0.25, 0.3) is 5.56 Å². The summed E-state index contributed by atoms with van der Waals surface area (Å²) in [5.41, 5.74) is 1.41. The Morgan fingerprint density at radius 3 is 2.59 bits per heavy atom. The van der Waals surface area contributed by atoms with Gasteiger partial charge in [0.05, 0.1) is 6.61 Å². The third kappa shape index (κ3) is 3.92. The zero-order valence-corrected chi connectivity index (χ0v) is 15.5. The highest BCUT2D eigenvalue weighted by Crippen LogP contribution is 2.21. The molecule has 0 amide bonds. The molecule has 0 atom stereocenters. The summed E-state index contributed by atoms with van der Waals surface area (Å²) in [7, 11) is -4.22. The highest BCUT2D eigenvalue weighted by molar-refractivity contribution is 7.89. The summed E-state index contributed by atoms with van der Waals surface area (Å²) in [4.78, 5) is 14.6. The third-order valence-electron chi connectivity index (χ3n) is 4.23. The zero-order valence-electron chi connectivity index (χ0n) is 14.6. The number of rotatable bonds is 6. The number of aliphatic hydroxyl groups is 1. The molecular formula is C19H19FN2O4S. The normalized spacial score (nSPS) is 12.0. The highest BCUT2D eigenvalue weighted by atomic mass is 32.2. The van der Waals surface area contributed by atoms with E-state index in [1.54, 1.807) is 6.07 Å². The number of nitrogens with one attached hydrogen (secondary N) is 1. The first-order valence-electron chi connectivity index (χ1n) is 8.31. The van der Waals surface area contributed by atoms with E-state index in [9.17, 15) is 22.7 Å². The van der Waals surface area contributed by atoms with Crippen LogP contribution < -0.4 is 5.56 Å². The van der Waals surface area contributed by atoms with E-state index in [-0.39, 0.29) is 18.7 Å². The van der Waals surface area contributed by atoms with E-state index < -0.39 is 32.9 Å². The Kier molecular flexibility index (Phi) is 5.41. The Hall–Kier alpha value is -2.55. The molecule has 27 heavy (non-hydrogen) atoms. The lowest BCUT2D eigenvalue weighted by Crippen LogP contribution is -2.35. The van der Waals surface area contributed by atoms with E-state index in [1.807, 2.05) is 25.1 Å². The molecule has 0 aliphatic heterocycles. The van der Waals surface area contributed by atoms with Gasteiger partial charge in [-0.05, 0) is 42.1 Å². The number of sulfonamides is 1. The van der Waals surface area contributed by atoms with Crippen LogP contribution in [0.4, 0.5) is 4.39 Å². The number of aromatic nitrogens is 1. The Morgan fingerprint density at radius 1 is 1.15 bits per heavy atom. The first-order chi connectivity index (χ1) is 12.8. The standard InChI is InChI=1S/C19H19FN2O4S/c1-13-6-7-14-11-15(19(24)21-17(14)10-13)12-22(8-9-23)27(25,26)18-5-3-2-4-16(18)20/h2-7,10-11,23H,8-9,12H2,1H3,(H,21,24). The minimum Gasteiger partial charge on any atom is -0.395 e. The maximum atomic E-state index is 14.0. The molecule has 0 fully saturated rings. The molecule has 142 valence electrons. The number of aliphatic hydroxyl groups excluding tert-OH is 1. The topological polar surface area (TPSA) is 90.5 Å². The van der Waals surface area contributed by atoms with Crippen molar-refractivity contribution in [3.8, 4) is 0 Å². The van der Waals surface area contributed by atoms with Crippen LogP contribution in [0.3, 0.4) is 0 Å². The number of halogens is 1. The van der Waals surface area contributed by atoms with Gasteiger partial charge < -0.3 is 10.1 Å². The molecule has 1 aromatic heterocycles. The van der Waals surface area contributed by atoms with E-state index in [4.69, 9.17) is 0 Å². The highest BCUT2D eigenvalue weighted by Gasteiger charge is 2.27. The molecule has 0 unspecified atom stereocenters. The van der Waals surface area contributed by atoms with E-state index in [0.29, 0.717) is 5.52 Å². The molecule has 0 aliphatic carbocycles. The van der Waals surface area contributed by atoms with Crippen LogP contribution in [0.1, 0.15) is 11.1 Å². The van der Waals surface area contributed by atoms with Crippen LogP contribution in [0, 0.1) is 12.7 Å². The lowest BCUT2D eigenvalue weighted by molar-refractivity contribution is 0.250. The number of fused-ring (bicyclic) bond motifs is 1. The van der Waals surface area contributed by atoms with Gasteiger partial charge in [-0.3, -0.25) is 4.79 Å². The average molecular weight is 390 g/mol. The van der Waals surface area contributed by atoms with Crippen molar-refractivity contribution in [3.05, 3.63) is 75.8 Å². The Bertz CT molecular complexity index is 1140. The molecule has 0 radical (unpaired) electrons. The molecule has 1 heterocycles. The van der Waals surface area contributed by atoms with Gasteiger partial charge in [-0.2, -0.15) is 4.31 Å². The molecule has 0 aliphatic rings. The van der Waals surface area contributed by atoms with E-state index in [1.165, 1.54) is 12.1 Å². The Labute approximate surface area is 155 Å². The van der Waals surface area contributed by atoms with Crippen molar-refractivity contribution in [2.24, 2.45) is 0 Å². The first kappa shape index (κ1) is 19.2. The molecule has 6 nitrogen and oxygen atoms in total. The second kappa shape index (κ2) is 7.59. The predicted octanol–water partition coefficient (Wildman–Crippen LogP) is 2.16. The van der Waals surface area contributed by atoms with Crippen molar-refractivity contribution in [2.45, 2.75) is 18.4 Å². The number of aromatic amines is 1. The molecule has 0 spiro atoms. The molecular weight excluding hydrogens is 371 g/mol. The number of pyridine rings is 1. The number of nitrogens with zero attached hydrogens (tertiary/aromatic N) is 1.